The first-order chi connectivity index (χ1) is 8.74. The molecule has 0 aromatic heterocycles. The fourth-order valence-corrected chi connectivity index (χ4v) is 4.01. The van der Waals surface area contributed by atoms with Crippen molar-refractivity contribution in [2.75, 3.05) is 7.05 Å². The van der Waals surface area contributed by atoms with Crippen LogP contribution in [-0.4, -0.2) is 24.0 Å². The lowest BCUT2D eigenvalue weighted by atomic mass is 9.86. The fourth-order valence-electron chi connectivity index (χ4n) is 4.01. The zero-order valence-corrected chi connectivity index (χ0v) is 11.7. The number of hydrogen-bond donors (Lipinski definition) is 0. The van der Waals surface area contributed by atoms with E-state index in [4.69, 9.17) is 0 Å². The highest BCUT2D eigenvalue weighted by Gasteiger charge is 2.37. The molecule has 18 heavy (non-hydrogen) atoms. The van der Waals surface area contributed by atoms with Crippen LogP contribution in [0.25, 0.3) is 0 Å². The molecule has 0 saturated carbocycles. The molecule has 2 heterocycles. The smallest absolute Gasteiger partial charge is 0.00983 e. The van der Waals surface area contributed by atoms with E-state index in [-0.39, 0.29) is 0 Å². The Kier molecular flexibility index (Phi) is 3.43. The third kappa shape index (κ3) is 2.33. The van der Waals surface area contributed by atoms with Crippen LogP contribution in [-0.2, 0) is 6.42 Å². The highest BCUT2D eigenvalue weighted by atomic mass is 15.2. The third-order valence-electron chi connectivity index (χ3n) is 5.28. The van der Waals surface area contributed by atoms with E-state index in [0.717, 1.165) is 18.0 Å². The minimum Gasteiger partial charge on any atom is -0.300 e. The average Bonchev–Trinajstić information content (AvgIpc) is 2.62. The summed E-state index contributed by atoms with van der Waals surface area (Å²) in [5, 5.41) is 0. The molecule has 1 aromatic rings. The van der Waals surface area contributed by atoms with Crippen LogP contribution >= 0.6 is 0 Å². The van der Waals surface area contributed by atoms with Gasteiger partial charge in [-0.1, -0.05) is 24.3 Å². The molecule has 2 bridgehead atoms. The Morgan fingerprint density at radius 1 is 1.11 bits per heavy atom. The lowest BCUT2D eigenvalue weighted by molar-refractivity contribution is 0.130. The third-order valence-corrected chi connectivity index (χ3v) is 5.28. The predicted octanol–water partition coefficient (Wildman–Crippen LogP) is 3.80. The van der Waals surface area contributed by atoms with Crippen molar-refractivity contribution in [1.29, 1.82) is 0 Å². The topological polar surface area (TPSA) is 3.24 Å². The molecule has 2 fully saturated rings. The summed E-state index contributed by atoms with van der Waals surface area (Å²) >= 11 is 0. The van der Waals surface area contributed by atoms with Crippen LogP contribution in [0.3, 0.4) is 0 Å². The highest BCUT2D eigenvalue weighted by molar-refractivity contribution is 5.25. The van der Waals surface area contributed by atoms with Crippen molar-refractivity contribution in [1.82, 2.24) is 4.90 Å². The van der Waals surface area contributed by atoms with Crippen molar-refractivity contribution in [2.24, 2.45) is 5.92 Å². The highest BCUT2D eigenvalue weighted by Crippen LogP contribution is 2.39. The summed E-state index contributed by atoms with van der Waals surface area (Å²) in [5.74, 6) is 0.971. The number of hydrogen-bond acceptors (Lipinski definition) is 1. The molecule has 98 valence electrons. The van der Waals surface area contributed by atoms with Gasteiger partial charge in [-0.3, -0.25) is 0 Å². The summed E-state index contributed by atoms with van der Waals surface area (Å²) in [4.78, 5) is 2.64. The van der Waals surface area contributed by atoms with Gasteiger partial charge < -0.3 is 4.90 Å². The molecule has 2 aliphatic heterocycles. The Bertz CT molecular complexity index is 398. The molecule has 2 atom stereocenters. The largest absolute Gasteiger partial charge is 0.300 e. The number of fused-ring (bicyclic) bond motifs is 2. The van der Waals surface area contributed by atoms with Crippen LogP contribution in [0.5, 0.6) is 0 Å². The molecule has 0 radical (unpaired) electrons. The molecular weight excluding hydrogens is 218 g/mol. The van der Waals surface area contributed by atoms with E-state index >= 15 is 0 Å². The van der Waals surface area contributed by atoms with Gasteiger partial charge in [0.25, 0.3) is 0 Å². The van der Waals surface area contributed by atoms with Gasteiger partial charge in [0.05, 0.1) is 0 Å². The van der Waals surface area contributed by atoms with E-state index < -0.39 is 0 Å². The average molecular weight is 243 g/mol. The van der Waals surface area contributed by atoms with Crippen LogP contribution in [0.2, 0.25) is 0 Å². The molecule has 1 nitrogen and oxygen atoms in total. The van der Waals surface area contributed by atoms with E-state index in [1.165, 1.54) is 44.1 Å². The molecule has 2 unspecified atom stereocenters. The summed E-state index contributed by atoms with van der Waals surface area (Å²) < 4.78 is 0. The van der Waals surface area contributed by atoms with Crippen molar-refractivity contribution >= 4 is 0 Å². The van der Waals surface area contributed by atoms with Gasteiger partial charge in [0.15, 0.2) is 0 Å². The Balaban J connectivity index is 1.57. The van der Waals surface area contributed by atoms with Crippen LogP contribution in [0.4, 0.5) is 0 Å². The summed E-state index contributed by atoms with van der Waals surface area (Å²) in [6.45, 7) is 2.24. The van der Waals surface area contributed by atoms with Gasteiger partial charge >= 0.3 is 0 Å². The Hall–Kier alpha value is -0.820. The molecule has 2 aliphatic rings. The van der Waals surface area contributed by atoms with Gasteiger partial charge in [-0.2, -0.15) is 0 Å². The Morgan fingerprint density at radius 3 is 2.44 bits per heavy atom. The lowest BCUT2D eigenvalue weighted by Crippen LogP contribution is -2.39. The SMILES string of the molecule is Cc1ccccc1CCC1CC2CCC(C1)N2C. The van der Waals surface area contributed by atoms with Gasteiger partial charge in [0, 0.05) is 12.1 Å². The minimum absolute atomic E-state index is 0.894. The normalized spacial score (nSPS) is 31.8. The van der Waals surface area contributed by atoms with Gasteiger partial charge in [-0.15, -0.1) is 0 Å². The first kappa shape index (κ1) is 12.2. The zero-order chi connectivity index (χ0) is 12.5. The van der Waals surface area contributed by atoms with Crippen LogP contribution < -0.4 is 0 Å². The molecule has 2 saturated heterocycles. The summed E-state index contributed by atoms with van der Waals surface area (Å²) in [7, 11) is 2.33. The molecule has 3 rings (SSSR count). The standard InChI is InChI=1S/C17H25N/c1-13-5-3-4-6-15(13)8-7-14-11-16-9-10-17(12-14)18(16)2/h3-6,14,16-17H,7-12H2,1-2H3. The maximum absolute atomic E-state index is 2.64. The number of nitrogens with zero attached hydrogens (tertiary/aromatic N) is 1. The van der Waals surface area contributed by atoms with Crippen molar-refractivity contribution in [2.45, 2.75) is 57.5 Å². The maximum Gasteiger partial charge on any atom is 0.00983 e. The number of rotatable bonds is 3. The second-order valence-electron chi connectivity index (χ2n) is 6.35. The molecule has 0 N–H and O–H groups in total. The van der Waals surface area contributed by atoms with Crippen LogP contribution in [0.15, 0.2) is 24.3 Å². The van der Waals surface area contributed by atoms with Crippen LogP contribution in [0, 0.1) is 12.8 Å². The van der Waals surface area contributed by atoms with Gasteiger partial charge in [0.2, 0.25) is 0 Å². The van der Waals surface area contributed by atoms with E-state index in [2.05, 4.69) is 43.1 Å². The summed E-state index contributed by atoms with van der Waals surface area (Å²) in [6, 6.07) is 10.7. The first-order valence-corrected chi connectivity index (χ1v) is 7.50. The minimum atomic E-state index is 0.894. The fraction of sp³-hybridized carbons (Fsp3) is 0.647. The maximum atomic E-state index is 2.64. The number of piperidine rings is 1. The van der Waals surface area contributed by atoms with Crippen molar-refractivity contribution in [3.63, 3.8) is 0 Å². The molecule has 1 heteroatoms. The van der Waals surface area contributed by atoms with Crippen molar-refractivity contribution < 1.29 is 0 Å². The molecule has 0 aliphatic carbocycles. The second-order valence-corrected chi connectivity index (χ2v) is 6.35. The van der Waals surface area contributed by atoms with Crippen LogP contribution in [0.1, 0.15) is 43.2 Å². The number of aryl methyl sites for hydroxylation is 2. The Morgan fingerprint density at radius 2 is 1.78 bits per heavy atom. The van der Waals surface area contributed by atoms with Gasteiger partial charge in [0.1, 0.15) is 0 Å². The van der Waals surface area contributed by atoms with Crippen molar-refractivity contribution in [3.8, 4) is 0 Å². The lowest BCUT2D eigenvalue weighted by Gasteiger charge is -2.36. The van der Waals surface area contributed by atoms with E-state index in [1.54, 1.807) is 5.56 Å². The second kappa shape index (κ2) is 5.05. The quantitative estimate of drug-likeness (QED) is 0.780. The summed E-state index contributed by atoms with van der Waals surface area (Å²) in [6.07, 6.45) is 8.45. The zero-order valence-electron chi connectivity index (χ0n) is 11.7. The number of benzene rings is 1. The molecule has 0 amide bonds. The Labute approximate surface area is 111 Å². The predicted molar refractivity (Wildman–Crippen MR) is 76.8 cm³/mol. The monoisotopic (exact) mass is 243 g/mol. The van der Waals surface area contributed by atoms with E-state index in [1.807, 2.05) is 0 Å². The van der Waals surface area contributed by atoms with E-state index in [9.17, 15) is 0 Å². The van der Waals surface area contributed by atoms with Gasteiger partial charge in [-0.25, -0.2) is 0 Å². The molecule has 1 aromatic carbocycles. The van der Waals surface area contributed by atoms with Crippen molar-refractivity contribution in [3.05, 3.63) is 35.4 Å². The van der Waals surface area contributed by atoms with E-state index in [0.29, 0.717) is 0 Å². The molecular formula is C17H25N. The summed E-state index contributed by atoms with van der Waals surface area (Å²) in [5.41, 5.74) is 3.03. The molecule has 0 spiro atoms. The first-order valence-electron chi connectivity index (χ1n) is 7.50. The van der Waals surface area contributed by atoms with Gasteiger partial charge in [-0.05, 0) is 69.5 Å².